The van der Waals surface area contributed by atoms with Gasteiger partial charge in [-0.05, 0) is 12.5 Å². The third-order valence-corrected chi connectivity index (χ3v) is 2.84. The molecule has 0 aliphatic carbocycles. The van der Waals surface area contributed by atoms with E-state index in [9.17, 15) is 0 Å². The van der Waals surface area contributed by atoms with Crippen LogP contribution in [0.2, 0.25) is 0 Å². The smallest absolute Gasteiger partial charge is 0.132 e. The molecule has 1 aromatic heterocycles. The molecule has 0 aromatic carbocycles. The summed E-state index contributed by atoms with van der Waals surface area (Å²) < 4.78 is 5.35. The normalized spacial score (nSPS) is 25.9. The maximum absolute atomic E-state index is 5.74. The second-order valence-electron chi connectivity index (χ2n) is 3.70. The van der Waals surface area contributed by atoms with Crippen LogP contribution >= 0.6 is 0 Å². The second-order valence-corrected chi connectivity index (χ2v) is 3.70. The number of hydrogen-bond acceptors (Lipinski definition) is 5. The zero-order valence-corrected chi connectivity index (χ0v) is 8.84. The lowest BCUT2D eigenvalue weighted by Crippen LogP contribution is -2.36. The Morgan fingerprint density at radius 2 is 2.53 bits per heavy atom. The van der Waals surface area contributed by atoms with E-state index in [2.05, 4.69) is 14.9 Å². The molecule has 2 atom stereocenters. The third-order valence-electron chi connectivity index (χ3n) is 2.84. The summed E-state index contributed by atoms with van der Waals surface area (Å²) in [4.78, 5) is 10.3. The first-order valence-corrected chi connectivity index (χ1v) is 5.10. The number of rotatable bonds is 3. The van der Waals surface area contributed by atoms with Gasteiger partial charge in [-0.2, -0.15) is 0 Å². The summed E-state index contributed by atoms with van der Waals surface area (Å²) in [6.45, 7) is 1.49. The van der Waals surface area contributed by atoms with Gasteiger partial charge in [0.25, 0.3) is 0 Å². The fraction of sp³-hybridized carbons (Fsp3) is 0.600. The van der Waals surface area contributed by atoms with Crippen LogP contribution in [-0.2, 0) is 4.74 Å². The zero-order chi connectivity index (χ0) is 10.7. The van der Waals surface area contributed by atoms with Crippen LogP contribution in [0.15, 0.2) is 18.6 Å². The molecule has 1 aliphatic heterocycles. The molecule has 2 rings (SSSR count). The fourth-order valence-corrected chi connectivity index (χ4v) is 2.00. The van der Waals surface area contributed by atoms with Gasteiger partial charge in [0.2, 0.25) is 0 Å². The lowest BCUT2D eigenvalue weighted by molar-refractivity contribution is 0.118. The van der Waals surface area contributed by atoms with Gasteiger partial charge in [-0.1, -0.05) is 0 Å². The van der Waals surface area contributed by atoms with E-state index < -0.39 is 0 Å². The number of nitrogens with two attached hydrogens (primary N) is 1. The first-order chi connectivity index (χ1) is 7.35. The van der Waals surface area contributed by atoms with Gasteiger partial charge in [0.05, 0.1) is 6.10 Å². The monoisotopic (exact) mass is 208 g/mol. The number of hydrogen-bond donors (Lipinski definition) is 1. The molecule has 1 fully saturated rings. The third kappa shape index (κ3) is 2.08. The molecule has 5 nitrogen and oxygen atoms in total. The summed E-state index contributed by atoms with van der Waals surface area (Å²) in [6, 6.07) is 2.23. The van der Waals surface area contributed by atoms with Crippen LogP contribution in [0, 0.1) is 0 Å². The lowest BCUT2D eigenvalue weighted by atomic mass is 10.2. The van der Waals surface area contributed by atoms with E-state index in [-0.39, 0.29) is 6.10 Å². The summed E-state index contributed by atoms with van der Waals surface area (Å²) in [5.74, 6) is 0.931. The van der Waals surface area contributed by atoms with Gasteiger partial charge in [0.1, 0.15) is 12.1 Å². The van der Waals surface area contributed by atoms with Crippen molar-refractivity contribution in [2.75, 3.05) is 25.1 Å². The van der Waals surface area contributed by atoms with Crippen LogP contribution in [0.5, 0.6) is 0 Å². The van der Waals surface area contributed by atoms with E-state index in [4.69, 9.17) is 10.5 Å². The van der Waals surface area contributed by atoms with Gasteiger partial charge in [0, 0.05) is 32.4 Å². The van der Waals surface area contributed by atoms with Crippen LogP contribution in [0.25, 0.3) is 0 Å². The SMILES string of the molecule is COC1CC(CN)N(c2ccncn2)C1. The Labute approximate surface area is 89.3 Å². The average Bonchev–Trinajstić information content (AvgIpc) is 2.73. The maximum Gasteiger partial charge on any atom is 0.132 e. The summed E-state index contributed by atoms with van der Waals surface area (Å²) in [7, 11) is 1.74. The molecule has 2 heterocycles. The van der Waals surface area contributed by atoms with Gasteiger partial charge in [-0.15, -0.1) is 0 Å². The molecule has 0 bridgehead atoms. The number of aromatic nitrogens is 2. The van der Waals surface area contributed by atoms with Crippen molar-refractivity contribution in [3.8, 4) is 0 Å². The summed E-state index contributed by atoms with van der Waals surface area (Å²) in [5.41, 5.74) is 5.74. The van der Waals surface area contributed by atoms with Gasteiger partial charge in [-0.25, -0.2) is 9.97 Å². The number of anilines is 1. The molecular weight excluding hydrogens is 192 g/mol. The minimum absolute atomic E-state index is 0.258. The van der Waals surface area contributed by atoms with Gasteiger partial charge < -0.3 is 15.4 Å². The summed E-state index contributed by atoms with van der Waals surface area (Å²) >= 11 is 0. The van der Waals surface area contributed by atoms with Gasteiger partial charge in [0.15, 0.2) is 0 Å². The molecule has 2 unspecified atom stereocenters. The molecule has 82 valence electrons. The first kappa shape index (κ1) is 10.3. The van der Waals surface area contributed by atoms with Crippen molar-refractivity contribution in [3.05, 3.63) is 18.6 Å². The molecule has 15 heavy (non-hydrogen) atoms. The highest BCUT2D eigenvalue weighted by molar-refractivity contribution is 5.40. The van der Waals surface area contributed by atoms with E-state index in [0.29, 0.717) is 12.6 Å². The van der Waals surface area contributed by atoms with Crippen molar-refractivity contribution in [2.45, 2.75) is 18.6 Å². The Morgan fingerprint density at radius 1 is 1.67 bits per heavy atom. The molecule has 1 aromatic rings. The van der Waals surface area contributed by atoms with Crippen molar-refractivity contribution in [3.63, 3.8) is 0 Å². The van der Waals surface area contributed by atoms with Crippen molar-refractivity contribution in [1.29, 1.82) is 0 Å². The van der Waals surface area contributed by atoms with E-state index in [1.165, 1.54) is 0 Å². The van der Waals surface area contributed by atoms with E-state index in [1.807, 2.05) is 6.07 Å². The average molecular weight is 208 g/mol. The molecule has 0 spiro atoms. The van der Waals surface area contributed by atoms with Crippen molar-refractivity contribution in [2.24, 2.45) is 5.73 Å². The molecule has 2 N–H and O–H groups in total. The highest BCUT2D eigenvalue weighted by atomic mass is 16.5. The standard InChI is InChI=1S/C10H16N4O/c1-15-9-4-8(5-11)14(6-9)10-2-3-12-7-13-10/h2-3,7-9H,4-6,11H2,1H3. The van der Waals surface area contributed by atoms with Crippen molar-refractivity contribution in [1.82, 2.24) is 9.97 Å². The highest BCUT2D eigenvalue weighted by Crippen LogP contribution is 2.24. The predicted octanol–water partition coefficient (Wildman–Crippen LogP) is 0.0290. The van der Waals surface area contributed by atoms with Crippen LogP contribution in [0.3, 0.4) is 0 Å². The number of nitrogens with zero attached hydrogens (tertiary/aromatic N) is 3. The topological polar surface area (TPSA) is 64.3 Å². The highest BCUT2D eigenvalue weighted by Gasteiger charge is 2.31. The number of ether oxygens (including phenoxy) is 1. The van der Waals surface area contributed by atoms with Crippen LogP contribution in [0.4, 0.5) is 5.82 Å². The Balaban J connectivity index is 2.14. The van der Waals surface area contributed by atoms with Crippen LogP contribution < -0.4 is 10.6 Å². The first-order valence-electron chi connectivity index (χ1n) is 5.10. The molecular formula is C10H16N4O. The van der Waals surface area contributed by atoms with Crippen LogP contribution in [0.1, 0.15) is 6.42 Å². The second kappa shape index (κ2) is 4.55. The minimum Gasteiger partial charge on any atom is -0.380 e. The largest absolute Gasteiger partial charge is 0.380 e. The Kier molecular flexibility index (Phi) is 3.13. The van der Waals surface area contributed by atoms with Crippen LogP contribution in [-0.4, -0.2) is 42.3 Å². The Hall–Kier alpha value is -1.20. The van der Waals surface area contributed by atoms with E-state index in [1.54, 1.807) is 19.6 Å². The molecule has 5 heteroatoms. The number of methoxy groups -OCH3 is 1. The van der Waals surface area contributed by atoms with Crippen molar-refractivity contribution < 1.29 is 4.74 Å². The van der Waals surface area contributed by atoms with Gasteiger partial charge >= 0.3 is 0 Å². The maximum atomic E-state index is 5.74. The van der Waals surface area contributed by atoms with Crippen molar-refractivity contribution >= 4 is 5.82 Å². The quantitative estimate of drug-likeness (QED) is 0.759. The Morgan fingerprint density at radius 3 is 3.13 bits per heavy atom. The summed E-state index contributed by atoms with van der Waals surface area (Å²) in [6.07, 6.45) is 4.53. The van der Waals surface area contributed by atoms with E-state index in [0.717, 1.165) is 18.8 Å². The Bertz CT molecular complexity index is 306. The lowest BCUT2D eigenvalue weighted by Gasteiger charge is -2.23. The van der Waals surface area contributed by atoms with Gasteiger partial charge in [-0.3, -0.25) is 0 Å². The molecule has 0 saturated carbocycles. The molecule has 1 aliphatic rings. The fourth-order valence-electron chi connectivity index (χ4n) is 2.00. The molecule has 1 saturated heterocycles. The zero-order valence-electron chi connectivity index (χ0n) is 8.84. The van der Waals surface area contributed by atoms with E-state index >= 15 is 0 Å². The summed E-state index contributed by atoms with van der Waals surface area (Å²) in [5, 5.41) is 0. The minimum atomic E-state index is 0.258. The predicted molar refractivity (Wildman–Crippen MR) is 57.6 cm³/mol. The molecule has 0 radical (unpaired) electrons. The molecule has 0 amide bonds.